The summed E-state index contributed by atoms with van der Waals surface area (Å²) in [6.45, 7) is 3.29. The molecule has 3 aliphatic rings. The Morgan fingerprint density at radius 2 is 1.62 bits per heavy atom. The van der Waals surface area contributed by atoms with Gasteiger partial charge in [-0.05, 0) is 75.2 Å². The average molecular weight is 454 g/mol. The molecule has 3 heteroatoms. The van der Waals surface area contributed by atoms with Crippen molar-refractivity contribution in [3.63, 3.8) is 0 Å². The number of carbonyl (C=O) groups is 2. The first-order valence-electron chi connectivity index (χ1n) is 13.0. The van der Waals surface area contributed by atoms with Gasteiger partial charge in [0.2, 0.25) is 0 Å². The topological polar surface area (TPSA) is 37.4 Å². The number of benzene rings is 2. The van der Waals surface area contributed by atoms with Crippen LogP contribution in [0.3, 0.4) is 0 Å². The predicted molar refractivity (Wildman–Crippen MR) is 137 cm³/mol. The van der Waals surface area contributed by atoms with E-state index in [4.69, 9.17) is 0 Å². The summed E-state index contributed by atoms with van der Waals surface area (Å²) in [5, 5.41) is 0. The van der Waals surface area contributed by atoms with E-state index >= 15 is 0 Å². The first kappa shape index (κ1) is 23.0. The van der Waals surface area contributed by atoms with Crippen LogP contribution in [0.4, 0.5) is 0 Å². The van der Waals surface area contributed by atoms with Crippen molar-refractivity contribution in [2.45, 2.75) is 50.9 Å². The minimum absolute atomic E-state index is 0.00385. The molecule has 3 nitrogen and oxygen atoms in total. The van der Waals surface area contributed by atoms with Crippen molar-refractivity contribution < 1.29 is 9.59 Å². The van der Waals surface area contributed by atoms with E-state index in [-0.39, 0.29) is 17.6 Å². The highest BCUT2D eigenvalue weighted by Gasteiger charge is 2.36. The summed E-state index contributed by atoms with van der Waals surface area (Å²) in [6, 6.07) is 20.8. The molecular formula is C31H35NO2. The molecule has 0 aromatic heterocycles. The molecule has 0 amide bonds. The zero-order chi connectivity index (χ0) is 23.3. The van der Waals surface area contributed by atoms with Crippen molar-refractivity contribution >= 4 is 11.6 Å². The standard InChI is InChI=1S/C31H35NO2/c33-30(21-23-7-3-1-4-8-23)28-13-14-29-27(22-28)12-11-26(31(29)34)17-20-32-18-15-25(16-19-32)24-9-5-2-6-10-24/h1-10,13,22,25-26,29H,11-12,14-21H2. The molecule has 1 aliphatic heterocycles. The van der Waals surface area contributed by atoms with E-state index in [2.05, 4.69) is 35.2 Å². The smallest absolute Gasteiger partial charge is 0.166 e. The van der Waals surface area contributed by atoms with Crippen LogP contribution in [0.15, 0.2) is 84.0 Å². The molecule has 34 heavy (non-hydrogen) atoms. The van der Waals surface area contributed by atoms with E-state index in [9.17, 15) is 9.59 Å². The summed E-state index contributed by atoms with van der Waals surface area (Å²) < 4.78 is 0. The molecule has 0 spiro atoms. The van der Waals surface area contributed by atoms with Gasteiger partial charge in [-0.1, -0.05) is 78.4 Å². The zero-order valence-corrected chi connectivity index (χ0v) is 20.0. The van der Waals surface area contributed by atoms with E-state index < -0.39 is 0 Å². The van der Waals surface area contributed by atoms with Gasteiger partial charge in [0.05, 0.1) is 0 Å². The SMILES string of the molecule is O=C(Cc1ccccc1)C1=CCC2C(=O)C(CCN3CCC(c4ccccc4)CC3)CCC2=C1. The first-order valence-corrected chi connectivity index (χ1v) is 13.0. The van der Waals surface area contributed by atoms with Gasteiger partial charge in [-0.2, -0.15) is 0 Å². The third kappa shape index (κ3) is 5.31. The van der Waals surface area contributed by atoms with Gasteiger partial charge in [-0.15, -0.1) is 0 Å². The number of fused-ring (bicyclic) bond motifs is 1. The average Bonchev–Trinajstić information content (AvgIpc) is 2.89. The quantitative estimate of drug-likeness (QED) is 0.522. The van der Waals surface area contributed by atoms with Gasteiger partial charge in [0.15, 0.2) is 5.78 Å². The Labute approximate surface area is 203 Å². The van der Waals surface area contributed by atoms with Crippen molar-refractivity contribution in [1.29, 1.82) is 0 Å². The van der Waals surface area contributed by atoms with Gasteiger partial charge in [-0.3, -0.25) is 9.59 Å². The number of nitrogens with zero attached hydrogens (tertiary/aromatic N) is 1. The number of hydrogen-bond donors (Lipinski definition) is 0. The van der Waals surface area contributed by atoms with Crippen LogP contribution in [-0.2, 0) is 16.0 Å². The lowest BCUT2D eigenvalue weighted by Gasteiger charge is -2.35. The molecule has 2 aliphatic carbocycles. The lowest BCUT2D eigenvalue weighted by molar-refractivity contribution is -0.127. The minimum atomic E-state index is -0.00385. The molecule has 2 unspecified atom stereocenters. The molecule has 0 radical (unpaired) electrons. The van der Waals surface area contributed by atoms with E-state index in [1.54, 1.807) is 0 Å². The molecule has 1 saturated carbocycles. The monoisotopic (exact) mass is 453 g/mol. The maximum atomic E-state index is 13.3. The van der Waals surface area contributed by atoms with Gasteiger partial charge in [0, 0.05) is 23.8 Å². The van der Waals surface area contributed by atoms with Crippen LogP contribution >= 0.6 is 0 Å². The van der Waals surface area contributed by atoms with E-state index in [0.29, 0.717) is 24.5 Å². The van der Waals surface area contributed by atoms with Crippen molar-refractivity contribution in [2.75, 3.05) is 19.6 Å². The Bertz CT molecular complexity index is 1060. The number of rotatable bonds is 7. The van der Waals surface area contributed by atoms with Crippen LogP contribution in [0.25, 0.3) is 0 Å². The highest BCUT2D eigenvalue weighted by Crippen LogP contribution is 2.38. The highest BCUT2D eigenvalue weighted by molar-refractivity contribution is 6.00. The third-order valence-corrected chi connectivity index (χ3v) is 8.07. The maximum Gasteiger partial charge on any atom is 0.166 e. The fourth-order valence-corrected chi connectivity index (χ4v) is 5.99. The van der Waals surface area contributed by atoms with E-state index in [1.165, 1.54) is 24.0 Å². The van der Waals surface area contributed by atoms with E-state index in [0.717, 1.165) is 50.0 Å². The Balaban J connectivity index is 1.10. The number of piperidine rings is 1. The Kier molecular flexibility index (Phi) is 7.20. The molecular weight excluding hydrogens is 418 g/mol. The van der Waals surface area contributed by atoms with Crippen LogP contribution in [-0.4, -0.2) is 36.1 Å². The fourth-order valence-electron chi connectivity index (χ4n) is 5.99. The molecule has 2 aromatic rings. The minimum Gasteiger partial charge on any atom is -0.303 e. The van der Waals surface area contributed by atoms with Crippen molar-refractivity contribution in [3.05, 3.63) is 95.1 Å². The van der Waals surface area contributed by atoms with Crippen LogP contribution in [0.1, 0.15) is 55.6 Å². The molecule has 176 valence electrons. The van der Waals surface area contributed by atoms with Crippen molar-refractivity contribution in [2.24, 2.45) is 11.8 Å². The summed E-state index contributed by atoms with van der Waals surface area (Å²) in [4.78, 5) is 28.6. The lowest BCUT2D eigenvalue weighted by atomic mass is 9.71. The first-order chi connectivity index (χ1) is 16.7. The van der Waals surface area contributed by atoms with Gasteiger partial charge in [0.25, 0.3) is 0 Å². The van der Waals surface area contributed by atoms with Gasteiger partial charge in [0.1, 0.15) is 5.78 Å². The highest BCUT2D eigenvalue weighted by atomic mass is 16.1. The van der Waals surface area contributed by atoms with Gasteiger partial charge in [-0.25, -0.2) is 0 Å². The molecule has 1 saturated heterocycles. The molecule has 2 atom stereocenters. The zero-order valence-electron chi connectivity index (χ0n) is 20.0. The molecule has 0 bridgehead atoms. The van der Waals surface area contributed by atoms with Gasteiger partial charge < -0.3 is 4.90 Å². The molecule has 5 rings (SSSR count). The number of carbonyl (C=O) groups excluding carboxylic acids is 2. The number of Topliss-reactive ketones (excluding diaryl/α,β-unsaturated/α-hetero) is 2. The molecule has 1 heterocycles. The largest absolute Gasteiger partial charge is 0.303 e. The van der Waals surface area contributed by atoms with Crippen LogP contribution in [0.5, 0.6) is 0 Å². The normalized spacial score (nSPS) is 23.7. The third-order valence-electron chi connectivity index (χ3n) is 8.07. The summed E-state index contributed by atoms with van der Waals surface area (Å²) in [5.74, 6) is 1.40. The second-order valence-corrected chi connectivity index (χ2v) is 10.2. The number of likely N-dealkylation sites (tertiary alicyclic amines) is 1. The van der Waals surface area contributed by atoms with E-state index in [1.807, 2.05) is 42.5 Å². The van der Waals surface area contributed by atoms with Crippen molar-refractivity contribution in [1.82, 2.24) is 4.90 Å². The Morgan fingerprint density at radius 3 is 2.35 bits per heavy atom. The van der Waals surface area contributed by atoms with Crippen LogP contribution < -0.4 is 0 Å². The second-order valence-electron chi connectivity index (χ2n) is 10.2. The Hall–Kier alpha value is -2.78. The fraction of sp³-hybridized carbons (Fsp3) is 0.419. The number of ketones is 2. The summed E-state index contributed by atoms with van der Waals surface area (Å²) in [5.41, 5.74) is 4.49. The predicted octanol–water partition coefficient (Wildman–Crippen LogP) is 5.92. The van der Waals surface area contributed by atoms with Crippen LogP contribution in [0.2, 0.25) is 0 Å². The summed E-state index contributed by atoms with van der Waals surface area (Å²) in [7, 11) is 0. The number of hydrogen-bond acceptors (Lipinski definition) is 3. The molecule has 0 N–H and O–H groups in total. The second kappa shape index (κ2) is 10.7. The number of allylic oxidation sites excluding steroid dienone is 4. The Morgan fingerprint density at radius 1 is 0.912 bits per heavy atom. The molecule has 2 aromatic carbocycles. The summed E-state index contributed by atoms with van der Waals surface area (Å²) >= 11 is 0. The lowest BCUT2D eigenvalue weighted by Crippen LogP contribution is -2.37. The maximum absolute atomic E-state index is 13.3. The van der Waals surface area contributed by atoms with Gasteiger partial charge >= 0.3 is 0 Å². The van der Waals surface area contributed by atoms with Crippen LogP contribution in [0, 0.1) is 11.8 Å². The molecule has 2 fully saturated rings. The summed E-state index contributed by atoms with van der Waals surface area (Å²) in [6.07, 6.45) is 10.4. The van der Waals surface area contributed by atoms with Crippen molar-refractivity contribution in [3.8, 4) is 0 Å².